The van der Waals surface area contributed by atoms with E-state index in [4.69, 9.17) is 10.4 Å². The van der Waals surface area contributed by atoms with Crippen LogP contribution in [0.15, 0.2) is 46.1 Å². The topological polar surface area (TPSA) is 140 Å². The lowest BCUT2D eigenvalue weighted by Gasteiger charge is -2.20. The number of anilines is 1. The Morgan fingerprint density at radius 2 is 1.94 bits per heavy atom. The second-order valence-electron chi connectivity index (χ2n) is 7.45. The summed E-state index contributed by atoms with van der Waals surface area (Å²) in [6.07, 6.45) is 9.75. The number of carbonyl (C=O) groups excluding carboxylic acids is 1. The van der Waals surface area contributed by atoms with Gasteiger partial charge in [-0.3, -0.25) is 9.69 Å². The molecule has 1 amide bonds. The summed E-state index contributed by atoms with van der Waals surface area (Å²) in [6.45, 7) is 2.34. The van der Waals surface area contributed by atoms with Crippen molar-refractivity contribution < 1.29 is 9.42 Å². The van der Waals surface area contributed by atoms with Crippen LogP contribution in [-0.4, -0.2) is 55.4 Å². The summed E-state index contributed by atoms with van der Waals surface area (Å²) < 4.78 is 6.11. The fraction of sp³-hybridized carbons (Fsp3) is 0.333. The summed E-state index contributed by atoms with van der Waals surface area (Å²) in [6, 6.07) is 9.79. The molecule has 2 aromatic heterocycles. The molecule has 0 spiro atoms. The third kappa shape index (κ3) is 5.24. The van der Waals surface area contributed by atoms with E-state index in [-0.39, 0.29) is 17.3 Å². The number of amides is 1. The van der Waals surface area contributed by atoms with Gasteiger partial charge in [0, 0.05) is 12.8 Å². The van der Waals surface area contributed by atoms with Gasteiger partial charge in [0.1, 0.15) is 0 Å². The molecule has 0 radical (unpaired) electrons. The number of nitrogen functional groups attached to an aromatic ring is 1. The van der Waals surface area contributed by atoms with Gasteiger partial charge in [0.15, 0.2) is 5.69 Å². The van der Waals surface area contributed by atoms with Gasteiger partial charge in [0.2, 0.25) is 11.6 Å². The Morgan fingerprint density at radius 1 is 1.16 bits per heavy atom. The zero-order chi connectivity index (χ0) is 22.2. The number of carbonyl (C=O) groups is 1. The first-order valence-corrected chi connectivity index (χ1v) is 10.5. The molecular weight excluding hydrogens is 410 g/mol. The number of aromatic nitrogens is 5. The molecule has 4 rings (SSSR count). The van der Waals surface area contributed by atoms with Crippen molar-refractivity contribution in [1.29, 1.82) is 0 Å². The van der Waals surface area contributed by atoms with Crippen molar-refractivity contribution in [2.45, 2.75) is 32.2 Å². The van der Waals surface area contributed by atoms with Gasteiger partial charge in [0.25, 0.3) is 5.91 Å². The fourth-order valence-corrected chi connectivity index (χ4v) is 3.54. The van der Waals surface area contributed by atoms with Crippen LogP contribution in [0.3, 0.4) is 0 Å². The highest BCUT2D eigenvalue weighted by Gasteiger charge is 2.25. The molecule has 1 aromatic carbocycles. The number of nitrogens with zero attached hydrogens (tertiary/aromatic N) is 7. The molecular formula is C21H25N9O2. The van der Waals surface area contributed by atoms with Crippen molar-refractivity contribution in [2.75, 3.05) is 18.8 Å². The first kappa shape index (κ1) is 21.4. The van der Waals surface area contributed by atoms with E-state index in [1.807, 2.05) is 36.4 Å². The third-order valence-corrected chi connectivity index (χ3v) is 5.16. The SMILES string of the molecule is Nc1nonc1-n1nnc(C(=O)N/N=C\C=C\c2ccccc2)c1CN1CCCCCC1. The molecule has 1 aliphatic rings. The Kier molecular flexibility index (Phi) is 6.98. The number of likely N-dealkylation sites (tertiary alicyclic amines) is 1. The average molecular weight is 435 g/mol. The summed E-state index contributed by atoms with van der Waals surface area (Å²) in [5.74, 6) is -0.195. The first-order valence-electron chi connectivity index (χ1n) is 10.5. The molecule has 1 fully saturated rings. The Bertz CT molecular complexity index is 1080. The van der Waals surface area contributed by atoms with Crippen LogP contribution in [0, 0.1) is 0 Å². The van der Waals surface area contributed by atoms with Crippen LogP contribution < -0.4 is 11.2 Å². The summed E-state index contributed by atoms with van der Waals surface area (Å²) >= 11 is 0. The van der Waals surface area contributed by atoms with Crippen LogP contribution in [0.1, 0.15) is 47.4 Å². The predicted molar refractivity (Wildman–Crippen MR) is 119 cm³/mol. The zero-order valence-corrected chi connectivity index (χ0v) is 17.6. The maximum Gasteiger partial charge on any atom is 0.293 e. The Hall–Kier alpha value is -3.86. The van der Waals surface area contributed by atoms with E-state index in [2.05, 4.69) is 36.1 Å². The number of nitrogens with two attached hydrogens (primary N) is 1. The highest BCUT2D eigenvalue weighted by molar-refractivity contribution is 5.94. The van der Waals surface area contributed by atoms with Crippen LogP contribution in [-0.2, 0) is 6.54 Å². The highest BCUT2D eigenvalue weighted by Crippen LogP contribution is 2.19. The van der Waals surface area contributed by atoms with Crippen molar-refractivity contribution in [2.24, 2.45) is 5.10 Å². The van der Waals surface area contributed by atoms with Crippen molar-refractivity contribution in [3.8, 4) is 5.82 Å². The predicted octanol–water partition coefficient (Wildman–Crippen LogP) is 2.04. The minimum absolute atomic E-state index is 0.0723. The number of benzene rings is 1. The monoisotopic (exact) mass is 435 g/mol. The maximum atomic E-state index is 12.8. The quantitative estimate of drug-likeness (QED) is 0.424. The Balaban J connectivity index is 1.51. The second-order valence-corrected chi connectivity index (χ2v) is 7.45. The minimum atomic E-state index is -0.472. The van der Waals surface area contributed by atoms with Crippen molar-refractivity contribution in [3.63, 3.8) is 0 Å². The number of rotatable bonds is 7. The third-order valence-electron chi connectivity index (χ3n) is 5.16. The lowest BCUT2D eigenvalue weighted by Crippen LogP contribution is -2.28. The van der Waals surface area contributed by atoms with E-state index >= 15 is 0 Å². The van der Waals surface area contributed by atoms with Gasteiger partial charge < -0.3 is 5.73 Å². The minimum Gasteiger partial charge on any atom is -0.378 e. The van der Waals surface area contributed by atoms with Gasteiger partial charge in [-0.1, -0.05) is 54.5 Å². The maximum absolute atomic E-state index is 12.8. The number of nitrogens with one attached hydrogen (secondary N) is 1. The second kappa shape index (κ2) is 10.4. The number of hydrogen-bond donors (Lipinski definition) is 2. The summed E-state index contributed by atoms with van der Waals surface area (Å²) in [4.78, 5) is 15.1. The van der Waals surface area contributed by atoms with E-state index in [1.54, 1.807) is 6.08 Å². The number of hydrazone groups is 1. The molecule has 11 heteroatoms. The standard InChI is InChI=1S/C21H25N9O2/c22-19-20(27-32-26-19)30-17(15-29-13-6-1-2-7-14-29)18(24-28-30)21(31)25-23-12-8-11-16-9-4-3-5-10-16/h3-5,8-12H,1-2,6-7,13-15H2,(H2,22,26)(H,25,31)/b11-8+,23-12-. The molecule has 3 aromatic rings. The van der Waals surface area contributed by atoms with Crippen LogP contribution in [0.2, 0.25) is 0 Å². The van der Waals surface area contributed by atoms with Gasteiger partial charge in [-0.25, -0.2) is 10.1 Å². The van der Waals surface area contributed by atoms with Crippen LogP contribution >= 0.6 is 0 Å². The van der Waals surface area contributed by atoms with Gasteiger partial charge in [-0.2, -0.15) is 9.78 Å². The lowest BCUT2D eigenvalue weighted by atomic mass is 10.2. The normalized spacial score (nSPS) is 15.4. The number of hydrogen-bond acceptors (Lipinski definition) is 9. The van der Waals surface area contributed by atoms with Crippen molar-refractivity contribution in [3.05, 3.63) is 53.4 Å². The molecule has 3 heterocycles. The first-order chi connectivity index (χ1) is 15.7. The summed E-state index contributed by atoms with van der Waals surface area (Å²) in [7, 11) is 0. The molecule has 0 aliphatic carbocycles. The Labute approximate surface area is 184 Å². The Morgan fingerprint density at radius 3 is 2.66 bits per heavy atom. The van der Waals surface area contributed by atoms with E-state index in [1.165, 1.54) is 23.7 Å². The van der Waals surface area contributed by atoms with Crippen LogP contribution in [0.4, 0.5) is 5.82 Å². The molecule has 0 bridgehead atoms. The molecule has 32 heavy (non-hydrogen) atoms. The largest absolute Gasteiger partial charge is 0.378 e. The molecule has 0 saturated carbocycles. The molecule has 0 unspecified atom stereocenters. The molecule has 1 saturated heterocycles. The van der Waals surface area contributed by atoms with Gasteiger partial charge in [0.05, 0.1) is 5.69 Å². The molecule has 166 valence electrons. The summed E-state index contributed by atoms with van der Waals surface area (Å²) in [5, 5.41) is 19.5. The molecule has 1 aliphatic heterocycles. The van der Waals surface area contributed by atoms with E-state index in [0.717, 1.165) is 31.5 Å². The van der Waals surface area contributed by atoms with Crippen molar-refractivity contribution in [1.82, 2.24) is 35.6 Å². The molecule has 3 N–H and O–H groups in total. The molecule has 0 atom stereocenters. The van der Waals surface area contributed by atoms with Crippen LogP contribution in [0.5, 0.6) is 0 Å². The lowest BCUT2D eigenvalue weighted by molar-refractivity contribution is 0.0948. The van der Waals surface area contributed by atoms with Crippen LogP contribution in [0.25, 0.3) is 11.9 Å². The van der Waals surface area contributed by atoms with Gasteiger partial charge in [-0.05, 0) is 47.9 Å². The zero-order valence-electron chi connectivity index (χ0n) is 17.6. The fourth-order valence-electron chi connectivity index (χ4n) is 3.54. The van der Waals surface area contributed by atoms with E-state index < -0.39 is 5.91 Å². The van der Waals surface area contributed by atoms with Gasteiger partial charge >= 0.3 is 0 Å². The van der Waals surface area contributed by atoms with Gasteiger partial charge in [-0.15, -0.1) is 5.10 Å². The number of allylic oxidation sites excluding steroid dienone is 1. The van der Waals surface area contributed by atoms with E-state index in [0.29, 0.717) is 12.2 Å². The highest BCUT2D eigenvalue weighted by atomic mass is 16.6. The van der Waals surface area contributed by atoms with Crippen molar-refractivity contribution >= 4 is 24.0 Å². The molecule has 11 nitrogen and oxygen atoms in total. The van der Waals surface area contributed by atoms with E-state index in [9.17, 15) is 4.79 Å². The smallest absolute Gasteiger partial charge is 0.293 e. The summed E-state index contributed by atoms with van der Waals surface area (Å²) in [5.41, 5.74) is 10.1. The average Bonchev–Trinajstić information content (AvgIpc) is 3.31.